The van der Waals surface area contributed by atoms with Crippen molar-refractivity contribution in [3.05, 3.63) is 76.5 Å². The zero-order valence-electron chi connectivity index (χ0n) is 19.4. The van der Waals surface area contributed by atoms with Gasteiger partial charge in [0.1, 0.15) is 6.04 Å². The van der Waals surface area contributed by atoms with Crippen LogP contribution in [-0.4, -0.2) is 20.5 Å². The zero-order valence-corrected chi connectivity index (χ0v) is 19.4. The van der Waals surface area contributed by atoms with E-state index in [1.807, 2.05) is 16.8 Å². The number of hydrogen-bond donors (Lipinski definition) is 1. The summed E-state index contributed by atoms with van der Waals surface area (Å²) in [7, 11) is 0. The van der Waals surface area contributed by atoms with Gasteiger partial charge >= 0.3 is 0 Å². The monoisotopic (exact) mass is 426 g/mol. The molecule has 0 bridgehead atoms. The maximum atomic E-state index is 13.4. The van der Waals surface area contributed by atoms with Crippen molar-refractivity contribution in [1.29, 1.82) is 0 Å². The summed E-state index contributed by atoms with van der Waals surface area (Å²) in [4.78, 5) is 18.2. The molecule has 5 heteroatoms. The van der Waals surface area contributed by atoms with Gasteiger partial charge in [0.2, 0.25) is 5.95 Å². The van der Waals surface area contributed by atoms with Gasteiger partial charge in [0.05, 0.1) is 0 Å². The van der Waals surface area contributed by atoms with E-state index in [-0.39, 0.29) is 17.2 Å². The lowest BCUT2D eigenvalue weighted by atomic mass is 9.73. The number of rotatable bonds is 3. The van der Waals surface area contributed by atoms with Crippen LogP contribution in [0.3, 0.4) is 0 Å². The third-order valence-corrected chi connectivity index (χ3v) is 6.53. The molecule has 2 heterocycles. The zero-order chi connectivity index (χ0) is 22.6. The second-order valence-electron chi connectivity index (χ2n) is 10.3. The quantitative estimate of drug-likeness (QED) is 0.555. The smallest absolute Gasteiger partial charge is 0.226 e. The van der Waals surface area contributed by atoms with Gasteiger partial charge in [-0.15, -0.1) is 5.10 Å². The van der Waals surface area contributed by atoms with Gasteiger partial charge in [0.25, 0.3) is 0 Å². The molecular weight excluding hydrogens is 396 g/mol. The van der Waals surface area contributed by atoms with E-state index in [0.717, 1.165) is 28.8 Å². The van der Waals surface area contributed by atoms with Crippen LogP contribution in [0.5, 0.6) is 0 Å². The van der Waals surface area contributed by atoms with Gasteiger partial charge in [-0.25, -0.2) is 4.68 Å². The Hall–Kier alpha value is -3.21. The molecule has 1 atom stereocenters. The number of Topliss-reactive ketones (excluding diaryl/α,β-unsaturated/α-hetero) is 1. The molecular formula is C27H30N4O. The topological polar surface area (TPSA) is 59.8 Å². The predicted molar refractivity (Wildman–Crippen MR) is 128 cm³/mol. The summed E-state index contributed by atoms with van der Waals surface area (Å²) in [5.41, 5.74) is 6.24. The molecule has 32 heavy (non-hydrogen) atoms. The molecule has 2 aliphatic rings. The second-order valence-corrected chi connectivity index (χ2v) is 10.3. The fourth-order valence-corrected chi connectivity index (χ4v) is 4.89. The fraction of sp³-hybridized carbons (Fsp3) is 0.370. The molecule has 5 rings (SSSR count). The molecule has 1 aliphatic carbocycles. The number of carbonyl (C=O) groups excluding carboxylic acids is 1. The molecule has 0 amide bonds. The van der Waals surface area contributed by atoms with Crippen molar-refractivity contribution in [1.82, 2.24) is 14.8 Å². The molecule has 0 saturated carbocycles. The van der Waals surface area contributed by atoms with Crippen LogP contribution in [0, 0.1) is 12.3 Å². The number of ketones is 1. The Morgan fingerprint density at radius 1 is 1.09 bits per heavy atom. The number of fused-ring (bicyclic) bond motifs is 1. The van der Waals surface area contributed by atoms with Crippen molar-refractivity contribution >= 4 is 11.7 Å². The van der Waals surface area contributed by atoms with E-state index in [2.05, 4.69) is 76.3 Å². The molecule has 1 aromatic heterocycles. The summed E-state index contributed by atoms with van der Waals surface area (Å²) in [5, 5.41) is 8.36. The SMILES string of the molecule is Cc1cccc(-c2nc3n(n2)C(c2ccc(C(C)C)cc2)C2=C(CC(C)(C)CC2=O)N3)c1. The average Bonchev–Trinajstić information content (AvgIpc) is 3.15. The summed E-state index contributed by atoms with van der Waals surface area (Å²) in [5.74, 6) is 2.02. The summed E-state index contributed by atoms with van der Waals surface area (Å²) in [6, 6.07) is 16.6. The minimum atomic E-state index is -0.267. The molecule has 0 saturated heterocycles. The van der Waals surface area contributed by atoms with Gasteiger partial charge in [-0.3, -0.25) is 4.79 Å². The molecule has 164 valence electrons. The predicted octanol–water partition coefficient (Wildman–Crippen LogP) is 6.04. The molecule has 0 radical (unpaired) electrons. The van der Waals surface area contributed by atoms with E-state index in [0.29, 0.717) is 24.1 Å². The van der Waals surface area contributed by atoms with Gasteiger partial charge in [-0.2, -0.15) is 4.98 Å². The Balaban J connectivity index is 1.66. The van der Waals surface area contributed by atoms with Gasteiger partial charge in [0, 0.05) is 23.3 Å². The summed E-state index contributed by atoms with van der Waals surface area (Å²) in [6.45, 7) is 10.8. The van der Waals surface area contributed by atoms with Crippen LogP contribution >= 0.6 is 0 Å². The average molecular weight is 427 g/mol. The second kappa shape index (κ2) is 7.44. The lowest BCUT2D eigenvalue weighted by Crippen LogP contribution is -2.36. The molecule has 2 aromatic carbocycles. The van der Waals surface area contributed by atoms with Crippen molar-refractivity contribution in [2.45, 2.75) is 59.4 Å². The van der Waals surface area contributed by atoms with Gasteiger partial charge < -0.3 is 5.32 Å². The molecule has 3 aromatic rings. The number of allylic oxidation sites excluding steroid dienone is 2. The first-order chi connectivity index (χ1) is 15.2. The number of aryl methyl sites for hydroxylation is 1. The Morgan fingerprint density at radius 3 is 2.53 bits per heavy atom. The van der Waals surface area contributed by atoms with Crippen LogP contribution < -0.4 is 5.32 Å². The van der Waals surface area contributed by atoms with Gasteiger partial charge in [0.15, 0.2) is 11.6 Å². The fourth-order valence-electron chi connectivity index (χ4n) is 4.89. The molecule has 0 fully saturated rings. The van der Waals surface area contributed by atoms with Crippen molar-refractivity contribution in [3.63, 3.8) is 0 Å². The molecule has 0 spiro atoms. The molecule has 1 unspecified atom stereocenters. The van der Waals surface area contributed by atoms with E-state index in [1.54, 1.807) is 0 Å². The first-order valence-corrected chi connectivity index (χ1v) is 11.4. The van der Waals surface area contributed by atoms with E-state index < -0.39 is 0 Å². The van der Waals surface area contributed by atoms with Gasteiger partial charge in [-0.05, 0) is 41.9 Å². The van der Waals surface area contributed by atoms with Gasteiger partial charge in [-0.1, -0.05) is 75.7 Å². The number of anilines is 1. The summed E-state index contributed by atoms with van der Waals surface area (Å²) >= 11 is 0. The highest BCUT2D eigenvalue weighted by Crippen LogP contribution is 2.45. The number of carbonyl (C=O) groups is 1. The summed E-state index contributed by atoms with van der Waals surface area (Å²) < 4.78 is 1.90. The highest BCUT2D eigenvalue weighted by atomic mass is 16.1. The van der Waals surface area contributed by atoms with Crippen LogP contribution in [0.25, 0.3) is 11.4 Å². The van der Waals surface area contributed by atoms with Crippen LogP contribution in [0.1, 0.15) is 69.2 Å². The third-order valence-electron chi connectivity index (χ3n) is 6.53. The lowest BCUT2D eigenvalue weighted by Gasteiger charge is -2.38. The van der Waals surface area contributed by atoms with Crippen molar-refractivity contribution in [3.8, 4) is 11.4 Å². The lowest BCUT2D eigenvalue weighted by molar-refractivity contribution is -0.118. The van der Waals surface area contributed by atoms with E-state index >= 15 is 0 Å². The molecule has 1 N–H and O–H groups in total. The first-order valence-electron chi connectivity index (χ1n) is 11.4. The Labute approximate surface area is 189 Å². The van der Waals surface area contributed by atoms with Crippen molar-refractivity contribution in [2.75, 3.05) is 5.32 Å². The first kappa shape index (κ1) is 20.7. The van der Waals surface area contributed by atoms with Crippen molar-refractivity contribution < 1.29 is 4.79 Å². The third kappa shape index (κ3) is 3.56. The number of hydrogen-bond acceptors (Lipinski definition) is 4. The normalized spacial score (nSPS) is 19.6. The summed E-state index contributed by atoms with van der Waals surface area (Å²) in [6.07, 6.45) is 1.37. The largest absolute Gasteiger partial charge is 0.328 e. The van der Waals surface area contributed by atoms with E-state index in [4.69, 9.17) is 10.1 Å². The minimum Gasteiger partial charge on any atom is -0.328 e. The van der Waals surface area contributed by atoms with Crippen molar-refractivity contribution in [2.24, 2.45) is 5.41 Å². The molecule has 5 nitrogen and oxygen atoms in total. The van der Waals surface area contributed by atoms with Crippen LogP contribution in [0.15, 0.2) is 59.8 Å². The van der Waals surface area contributed by atoms with Crippen LogP contribution in [0.2, 0.25) is 0 Å². The number of benzene rings is 2. The van der Waals surface area contributed by atoms with E-state index in [1.165, 1.54) is 11.1 Å². The molecule has 1 aliphatic heterocycles. The Kier molecular flexibility index (Phi) is 4.81. The Morgan fingerprint density at radius 2 is 1.84 bits per heavy atom. The maximum Gasteiger partial charge on any atom is 0.226 e. The number of nitrogens with one attached hydrogen (secondary N) is 1. The minimum absolute atomic E-state index is 0.0729. The highest BCUT2D eigenvalue weighted by Gasteiger charge is 2.41. The van der Waals surface area contributed by atoms with Crippen LogP contribution in [0.4, 0.5) is 5.95 Å². The van der Waals surface area contributed by atoms with Crippen LogP contribution in [-0.2, 0) is 4.79 Å². The number of nitrogens with zero attached hydrogens (tertiary/aromatic N) is 3. The maximum absolute atomic E-state index is 13.4. The highest BCUT2D eigenvalue weighted by molar-refractivity contribution is 6.00. The Bertz CT molecular complexity index is 1230. The number of aromatic nitrogens is 3. The van der Waals surface area contributed by atoms with E-state index in [9.17, 15) is 4.79 Å². The standard InChI is InChI=1S/C27H30N4O/c1-16(2)18-9-11-19(12-10-18)24-23-21(14-27(4,5)15-22(23)32)28-26-29-25(30-31(24)26)20-8-6-7-17(3)13-20/h6-13,16,24H,14-15H2,1-5H3,(H,28,29,30).